The van der Waals surface area contributed by atoms with E-state index in [-0.39, 0.29) is 0 Å². The van der Waals surface area contributed by atoms with Crippen LogP contribution in [-0.4, -0.2) is 23.4 Å². The molecule has 126 valence electrons. The van der Waals surface area contributed by atoms with Crippen molar-refractivity contribution in [2.24, 2.45) is 4.36 Å². The molecule has 0 amide bonds. The molecule has 1 atom stereocenters. The summed E-state index contributed by atoms with van der Waals surface area (Å²) in [6.07, 6.45) is -2.51. The van der Waals surface area contributed by atoms with Crippen LogP contribution in [0.15, 0.2) is 64.0 Å². The highest BCUT2D eigenvalue weighted by molar-refractivity contribution is 7.85. The van der Waals surface area contributed by atoms with Crippen LogP contribution in [0.2, 0.25) is 0 Å². The van der Waals surface area contributed by atoms with Crippen molar-refractivity contribution in [3.63, 3.8) is 0 Å². The number of hydrogen-bond donors (Lipinski definition) is 1. The van der Waals surface area contributed by atoms with Crippen molar-refractivity contribution in [1.82, 2.24) is 9.29 Å². The van der Waals surface area contributed by atoms with Gasteiger partial charge in [-0.25, -0.2) is 8.67 Å². The quantitative estimate of drug-likeness (QED) is 0.695. The zero-order chi connectivity index (χ0) is 17.3. The number of nitrogens with one attached hydrogen (secondary N) is 1. The molecule has 0 aliphatic heterocycles. The Balaban J connectivity index is 2.04. The average Bonchev–Trinajstić information content (AvgIpc) is 2.95. The summed E-state index contributed by atoms with van der Waals surface area (Å²) >= 11 is 0. The second-order valence-electron chi connectivity index (χ2n) is 5.41. The van der Waals surface area contributed by atoms with Crippen molar-refractivity contribution in [3.05, 3.63) is 60.3 Å². The van der Waals surface area contributed by atoms with Gasteiger partial charge in [0, 0.05) is 32.9 Å². The fourth-order valence-electron chi connectivity index (χ4n) is 2.34. The van der Waals surface area contributed by atoms with Gasteiger partial charge in [0.1, 0.15) is 0 Å². The van der Waals surface area contributed by atoms with E-state index in [1.807, 2.05) is 48.9 Å². The molecule has 1 heterocycles. The first kappa shape index (κ1) is 16.7. The summed E-state index contributed by atoms with van der Waals surface area (Å²) in [5.74, 6) is 0. The van der Waals surface area contributed by atoms with Crippen LogP contribution in [0.1, 0.15) is 5.56 Å². The van der Waals surface area contributed by atoms with E-state index in [0.29, 0.717) is 0 Å². The first-order chi connectivity index (χ1) is 11.4. The second-order valence-corrected chi connectivity index (χ2v) is 7.32. The molecule has 0 bridgehead atoms. The van der Waals surface area contributed by atoms with Gasteiger partial charge < -0.3 is 4.98 Å². The largest absolute Gasteiger partial charge is 0.416 e. The van der Waals surface area contributed by atoms with E-state index in [4.69, 9.17) is 4.36 Å². The minimum atomic E-state index is -4.33. The maximum absolute atomic E-state index is 12.7. The van der Waals surface area contributed by atoms with Gasteiger partial charge in [-0.2, -0.15) is 13.2 Å². The number of aromatic nitrogens is 1. The first-order valence-electron chi connectivity index (χ1n) is 7.23. The maximum Gasteiger partial charge on any atom is 0.416 e. The van der Waals surface area contributed by atoms with Gasteiger partial charge in [0.15, 0.2) is 0 Å². The third-order valence-corrected chi connectivity index (χ3v) is 5.25. The smallest absolute Gasteiger partial charge is 0.359 e. The topological polar surface area (TPSA) is 31.4 Å². The Morgan fingerprint density at radius 2 is 1.67 bits per heavy atom. The Kier molecular flexibility index (Phi) is 4.47. The molecule has 0 saturated heterocycles. The standard InChI is InChI=1S/C17H16F3N3S/c1-23(2)24(13-9-7-12(8-10-13)17(18,19)20)22-16-11-21-15-6-4-3-5-14(15)16/h3-11,21H,1-2H3. The van der Waals surface area contributed by atoms with E-state index in [9.17, 15) is 13.2 Å². The number of H-pyrrole nitrogens is 1. The molecule has 0 fully saturated rings. The highest BCUT2D eigenvalue weighted by Crippen LogP contribution is 2.31. The SMILES string of the molecule is CN(C)S(=Nc1c[nH]c2ccccc12)c1ccc(C(F)(F)F)cc1. The lowest BCUT2D eigenvalue weighted by Gasteiger charge is -2.16. The number of para-hydroxylation sites is 1. The summed E-state index contributed by atoms with van der Waals surface area (Å²) in [5.41, 5.74) is 1.12. The molecule has 0 aliphatic carbocycles. The van der Waals surface area contributed by atoms with Crippen molar-refractivity contribution in [3.8, 4) is 0 Å². The molecule has 0 radical (unpaired) electrons. The van der Waals surface area contributed by atoms with Crippen LogP contribution in [0.25, 0.3) is 10.9 Å². The summed E-state index contributed by atoms with van der Waals surface area (Å²) in [5, 5.41) is 0.990. The van der Waals surface area contributed by atoms with Crippen LogP contribution in [0.5, 0.6) is 0 Å². The van der Waals surface area contributed by atoms with Gasteiger partial charge >= 0.3 is 6.18 Å². The van der Waals surface area contributed by atoms with E-state index in [0.717, 1.165) is 33.6 Å². The minimum Gasteiger partial charge on any atom is -0.359 e. The molecule has 3 rings (SSSR count). The zero-order valence-corrected chi connectivity index (χ0v) is 13.9. The normalized spacial score (nSPS) is 13.8. The summed E-state index contributed by atoms with van der Waals surface area (Å²) in [6.45, 7) is 0. The highest BCUT2D eigenvalue weighted by atomic mass is 32.2. The van der Waals surface area contributed by atoms with Crippen molar-refractivity contribution in [2.75, 3.05) is 14.1 Å². The third-order valence-electron chi connectivity index (χ3n) is 3.49. The Bertz CT molecular complexity index is 880. The van der Waals surface area contributed by atoms with Gasteiger partial charge in [-0.1, -0.05) is 18.2 Å². The Labute approximate surface area is 140 Å². The van der Waals surface area contributed by atoms with Gasteiger partial charge in [-0.3, -0.25) is 0 Å². The number of alkyl halides is 3. The Hall–Kier alpha value is -2.12. The molecule has 0 spiro atoms. The van der Waals surface area contributed by atoms with Gasteiger partial charge in [0.25, 0.3) is 0 Å². The maximum atomic E-state index is 12.7. The molecule has 3 nitrogen and oxygen atoms in total. The number of benzene rings is 2. The molecule has 0 saturated carbocycles. The van der Waals surface area contributed by atoms with Crippen LogP contribution in [-0.2, 0) is 17.1 Å². The average molecular weight is 351 g/mol. The summed E-state index contributed by atoms with van der Waals surface area (Å²) in [6, 6.07) is 13.0. The molecule has 24 heavy (non-hydrogen) atoms. The molecular formula is C17H16F3N3S. The predicted octanol–water partition coefficient (Wildman–Crippen LogP) is 5.16. The fraction of sp³-hybridized carbons (Fsp3) is 0.176. The fourth-order valence-corrected chi connectivity index (χ4v) is 3.74. The molecule has 1 aromatic heterocycles. The van der Waals surface area contributed by atoms with Crippen molar-refractivity contribution < 1.29 is 13.2 Å². The number of hydrogen-bond acceptors (Lipinski definition) is 1. The minimum absolute atomic E-state index is 0.652. The van der Waals surface area contributed by atoms with Crippen LogP contribution >= 0.6 is 0 Å². The Morgan fingerprint density at radius 3 is 2.29 bits per heavy atom. The first-order valence-corrected chi connectivity index (χ1v) is 8.37. The number of aromatic amines is 1. The zero-order valence-electron chi connectivity index (χ0n) is 13.1. The van der Waals surface area contributed by atoms with Gasteiger partial charge in [0.05, 0.1) is 11.3 Å². The van der Waals surface area contributed by atoms with Crippen LogP contribution in [0.4, 0.5) is 18.9 Å². The molecule has 3 aromatic rings. The lowest BCUT2D eigenvalue weighted by atomic mass is 10.2. The van der Waals surface area contributed by atoms with E-state index >= 15 is 0 Å². The predicted molar refractivity (Wildman–Crippen MR) is 91.1 cm³/mol. The van der Waals surface area contributed by atoms with Crippen LogP contribution < -0.4 is 0 Å². The third kappa shape index (κ3) is 3.37. The number of nitrogens with zero attached hydrogens (tertiary/aromatic N) is 2. The summed E-state index contributed by atoms with van der Waals surface area (Å²) in [7, 11) is 3.03. The number of halogens is 3. The van der Waals surface area contributed by atoms with Crippen molar-refractivity contribution >= 4 is 27.5 Å². The van der Waals surface area contributed by atoms with Crippen molar-refractivity contribution in [1.29, 1.82) is 0 Å². The van der Waals surface area contributed by atoms with Gasteiger partial charge in [-0.15, -0.1) is 0 Å². The molecule has 1 unspecified atom stereocenters. The molecule has 1 N–H and O–H groups in total. The molecule has 0 aliphatic rings. The lowest BCUT2D eigenvalue weighted by molar-refractivity contribution is -0.137. The number of fused-ring (bicyclic) bond motifs is 1. The van der Waals surface area contributed by atoms with Gasteiger partial charge in [-0.05, 0) is 44.4 Å². The van der Waals surface area contributed by atoms with Crippen LogP contribution in [0, 0.1) is 0 Å². The highest BCUT2D eigenvalue weighted by Gasteiger charge is 2.30. The van der Waals surface area contributed by atoms with E-state index in [2.05, 4.69) is 4.98 Å². The summed E-state index contributed by atoms with van der Waals surface area (Å²) < 4.78 is 44.8. The van der Waals surface area contributed by atoms with E-state index < -0.39 is 22.6 Å². The number of rotatable bonds is 3. The van der Waals surface area contributed by atoms with E-state index in [1.165, 1.54) is 12.1 Å². The monoisotopic (exact) mass is 351 g/mol. The van der Waals surface area contributed by atoms with Gasteiger partial charge in [0.2, 0.25) is 0 Å². The molecular weight excluding hydrogens is 335 g/mol. The lowest BCUT2D eigenvalue weighted by Crippen LogP contribution is -2.15. The molecule has 7 heteroatoms. The Morgan fingerprint density at radius 1 is 1.00 bits per heavy atom. The van der Waals surface area contributed by atoms with E-state index in [1.54, 1.807) is 0 Å². The molecule has 2 aromatic carbocycles. The van der Waals surface area contributed by atoms with Crippen LogP contribution in [0.3, 0.4) is 0 Å². The second kappa shape index (κ2) is 6.41. The van der Waals surface area contributed by atoms with Crippen molar-refractivity contribution in [2.45, 2.75) is 11.1 Å². The summed E-state index contributed by atoms with van der Waals surface area (Å²) in [4.78, 5) is 3.89.